The second-order valence-corrected chi connectivity index (χ2v) is 5.66. The Labute approximate surface area is 133 Å². The van der Waals surface area contributed by atoms with Crippen LogP contribution in [0.2, 0.25) is 0 Å². The number of hydrogen-bond acceptors (Lipinski definition) is 3. The Morgan fingerprint density at radius 3 is 2.24 bits per heavy atom. The molecule has 0 bridgehead atoms. The normalized spacial score (nSPS) is 13.9. The first-order chi connectivity index (χ1) is 10.3. The van der Waals surface area contributed by atoms with Crippen molar-refractivity contribution in [2.45, 2.75) is 12.0 Å². The maximum Gasteiger partial charge on any atom is 0.147 e. The number of methoxy groups -OCH3 is 1. The molecule has 2 aromatic carbocycles. The molecule has 0 unspecified atom stereocenters. The molecule has 0 aliphatic carbocycles. The van der Waals surface area contributed by atoms with E-state index < -0.39 is 0 Å². The summed E-state index contributed by atoms with van der Waals surface area (Å²) in [5.41, 5.74) is 2.06. The van der Waals surface area contributed by atoms with Crippen LogP contribution >= 0.6 is 15.9 Å². The molecule has 0 saturated heterocycles. The quantitative estimate of drug-likeness (QED) is 0.770. The molecule has 21 heavy (non-hydrogen) atoms. The lowest BCUT2D eigenvalue weighted by Crippen LogP contribution is -2.19. The monoisotopic (exact) mass is 350 g/mol. The van der Waals surface area contributed by atoms with E-state index in [0.717, 1.165) is 15.6 Å². The smallest absolute Gasteiger partial charge is 0.147 e. The minimum atomic E-state index is -0.259. The molecule has 3 nitrogen and oxygen atoms in total. The predicted molar refractivity (Wildman–Crippen MR) is 86.1 cm³/mol. The Kier molecular flexibility index (Phi) is 6.39. The molecule has 0 spiro atoms. The fraction of sp³-hybridized carbons (Fsp3) is 0.294. The molecule has 0 amide bonds. The summed E-state index contributed by atoms with van der Waals surface area (Å²) in [5, 5.41) is 9.84. The minimum absolute atomic E-state index is 0.00839. The van der Waals surface area contributed by atoms with Crippen LogP contribution in [0.3, 0.4) is 0 Å². The van der Waals surface area contributed by atoms with Crippen molar-refractivity contribution in [2.24, 2.45) is 0 Å². The SMILES string of the molecule is COCO[C@@H](c1ccc(Br)cc1)[C@@H](CO)c1ccccc1. The number of benzene rings is 2. The summed E-state index contributed by atoms with van der Waals surface area (Å²) in [6.07, 6.45) is -0.259. The lowest BCUT2D eigenvalue weighted by Gasteiger charge is -2.26. The number of halogens is 1. The van der Waals surface area contributed by atoms with Crippen molar-refractivity contribution in [3.8, 4) is 0 Å². The first-order valence-electron chi connectivity index (χ1n) is 6.78. The van der Waals surface area contributed by atoms with Gasteiger partial charge in [-0.1, -0.05) is 58.4 Å². The summed E-state index contributed by atoms with van der Waals surface area (Å²) in [4.78, 5) is 0. The highest BCUT2D eigenvalue weighted by Crippen LogP contribution is 2.34. The second kappa shape index (κ2) is 8.29. The van der Waals surface area contributed by atoms with Crippen molar-refractivity contribution in [1.82, 2.24) is 0 Å². The summed E-state index contributed by atoms with van der Waals surface area (Å²) in [6.45, 7) is 0.193. The summed E-state index contributed by atoms with van der Waals surface area (Å²) in [6, 6.07) is 17.8. The Morgan fingerprint density at radius 1 is 1.00 bits per heavy atom. The van der Waals surface area contributed by atoms with E-state index in [1.54, 1.807) is 7.11 Å². The molecule has 2 rings (SSSR count). The van der Waals surface area contributed by atoms with Crippen LogP contribution in [0.1, 0.15) is 23.1 Å². The summed E-state index contributed by atoms with van der Waals surface area (Å²) < 4.78 is 11.9. The molecule has 2 atom stereocenters. The van der Waals surface area contributed by atoms with Gasteiger partial charge in [-0.15, -0.1) is 0 Å². The Morgan fingerprint density at radius 2 is 1.67 bits per heavy atom. The van der Waals surface area contributed by atoms with Gasteiger partial charge >= 0.3 is 0 Å². The molecule has 0 fully saturated rings. The molecule has 0 aliphatic heterocycles. The average molecular weight is 351 g/mol. The number of aliphatic hydroxyl groups excluding tert-OH is 1. The van der Waals surface area contributed by atoms with E-state index in [9.17, 15) is 5.11 Å². The maximum atomic E-state index is 9.84. The van der Waals surface area contributed by atoms with Gasteiger partial charge < -0.3 is 14.6 Å². The van der Waals surface area contributed by atoms with Crippen molar-refractivity contribution >= 4 is 15.9 Å². The van der Waals surface area contributed by atoms with Gasteiger partial charge in [-0.05, 0) is 23.3 Å². The van der Waals surface area contributed by atoms with E-state index in [4.69, 9.17) is 9.47 Å². The minimum Gasteiger partial charge on any atom is -0.396 e. The number of hydrogen-bond donors (Lipinski definition) is 1. The highest BCUT2D eigenvalue weighted by Gasteiger charge is 2.25. The third-order valence-electron chi connectivity index (χ3n) is 3.35. The van der Waals surface area contributed by atoms with Gasteiger partial charge in [0.15, 0.2) is 0 Å². The van der Waals surface area contributed by atoms with E-state index in [1.165, 1.54) is 0 Å². The van der Waals surface area contributed by atoms with Gasteiger partial charge in [0.2, 0.25) is 0 Å². The molecule has 0 radical (unpaired) electrons. The number of ether oxygens (including phenoxy) is 2. The van der Waals surface area contributed by atoms with Crippen molar-refractivity contribution in [3.63, 3.8) is 0 Å². The molecule has 0 aliphatic rings. The van der Waals surface area contributed by atoms with Crippen LogP contribution in [0.5, 0.6) is 0 Å². The van der Waals surface area contributed by atoms with Gasteiger partial charge in [-0.25, -0.2) is 0 Å². The van der Waals surface area contributed by atoms with E-state index in [-0.39, 0.29) is 25.4 Å². The van der Waals surface area contributed by atoms with Crippen LogP contribution < -0.4 is 0 Å². The van der Waals surface area contributed by atoms with Gasteiger partial charge in [0, 0.05) is 17.5 Å². The van der Waals surface area contributed by atoms with E-state index in [1.807, 2.05) is 54.6 Å². The fourth-order valence-corrected chi connectivity index (χ4v) is 2.58. The maximum absolute atomic E-state index is 9.84. The summed E-state index contributed by atoms with van der Waals surface area (Å²) in [5.74, 6) is -0.137. The third-order valence-corrected chi connectivity index (χ3v) is 3.88. The van der Waals surface area contributed by atoms with Crippen LogP contribution in [-0.4, -0.2) is 25.6 Å². The molecular formula is C17H19BrO3. The van der Waals surface area contributed by atoms with Crippen LogP contribution in [0.25, 0.3) is 0 Å². The van der Waals surface area contributed by atoms with Crippen molar-refractivity contribution < 1.29 is 14.6 Å². The zero-order valence-corrected chi connectivity index (χ0v) is 13.5. The fourth-order valence-electron chi connectivity index (χ4n) is 2.31. The van der Waals surface area contributed by atoms with Crippen molar-refractivity contribution in [3.05, 3.63) is 70.2 Å². The van der Waals surface area contributed by atoms with Gasteiger partial charge in [-0.2, -0.15) is 0 Å². The highest BCUT2D eigenvalue weighted by molar-refractivity contribution is 9.10. The van der Waals surface area contributed by atoms with E-state index >= 15 is 0 Å². The van der Waals surface area contributed by atoms with Gasteiger partial charge in [0.25, 0.3) is 0 Å². The van der Waals surface area contributed by atoms with E-state index in [0.29, 0.717) is 0 Å². The Hall–Kier alpha value is -1.20. The molecule has 112 valence electrons. The summed E-state index contributed by atoms with van der Waals surface area (Å²) in [7, 11) is 1.59. The zero-order valence-electron chi connectivity index (χ0n) is 11.9. The van der Waals surface area contributed by atoms with Crippen LogP contribution in [0, 0.1) is 0 Å². The van der Waals surface area contributed by atoms with Crippen LogP contribution in [-0.2, 0) is 9.47 Å². The molecule has 2 aromatic rings. The van der Waals surface area contributed by atoms with Gasteiger partial charge in [0.1, 0.15) is 6.79 Å². The first-order valence-corrected chi connectivity index (χ1v) is 7.57. The molecule has 4 heteroatoms. The number of rotatable bonds is 7. The van der Waals surface area contributed by atoms with Crippen LogP contribution in [0.4, 0.5) is 0 Å². The van der Waals surface area contributed by atoms with E-state index in [2.05, 4.69) is 15.9 Å². The standard InChI is InChI=1S/C17H19BrO3/c1-20-12-21-17(14-7-9-15(18)10-8-14)16(11-19)13-5-3-2-4-6-13/h2-10,16-17,19H,11-12H2,1H3/t16-,17-/m0/s1. The Balaban J connectivity index is 2.31. The van der Waals surface area contributed by atoms with Gasteiger partial charge in [0.05, 0.1) is 12.7 Å². The lowest BCUT2D eigenvalue weighted by molar-refractivity contribution is -0.0872. The van der Waals surface area contributed by atoms with Gasteiger partial charge in [-0.3, -0.25) is 0 Å². The predicted octanol–water partition coefficient (Wildman–Crippen LogP) is 3.89. The average Bonchev–Trinajstić information content (AvgIpc) is 2.53. The molecule has 0 aromatic heterocycles. The second-order valence-electron chi connectivity index (χ2n) is 4.75. The molecular weight excluding hydrogens is 332 g/mol. The van der Waals surface area contributed by atoms with Crippen molar-refractivity contribution in [1.29, 1.82) is 0 Å². The summed E-state index contributed by atoms with van der Waals surface area (Å²) >= 11 is 3.43. The lowest BCUT2D eigenvalue weighted by atomic mass is 9.89. The first kappa shape index (κ1) is 16.2. The Bertz CT molecular complexity index is 527. The molecule has 0 heterocycles. The third kappa shape index (κ3) is 4.38. The molecule has 1 N–H and O–H groups in total. The highest BCUT2D eigenvalue weighted by atomic mass is 79.9. The molecule has 0 saturated carbocycles. The van der Waals surface area contributed by atoms with Crippen LogP contribution in [0.15, 0.2) is 59.1 Å². The number of aliphatic hydroxyl groups is 1. The van der Waals surface area contributed by atoms with Crippen molar-refractivity contribution in [2.75, 3.05) is 20.5 Å². The zero-order chi connectivity index (χ0) is 15.1. The topological polar surface area (TPSA) is 38.7 Å². The largest absolute Gasteiger partial charge is 0.396 e.